The molecule has 21 heavy (non-hydrogen) atoms. The Bertz CT molecular complexity index is 490. The molecule has 1 amide bonds. The van der Waals surface area contributed by atoms with E-state index in [1.54, 1.807) is 0 Å². The number of ether oxygens (including phenoxy) is 1. The molecule has 1 heterocycles. The molecule has 1 fully saturated rings. The highest BCUT2D eigenvalue weighted by atomic mass is 16.5. The van der Waals surface area contributed by atoms with Crippen LogP contribution in [0.3, 0.4) is 0 Å². The number of rotatable bonds is 4. The second-order valence-corrected chi connectivity index (χ2v) is 5.34. The first-order chi connectivity index (χ1) is 10.1. The van der Waals surface area contributed by atoms with Crippen molar-refractivity contribution in [2.24, 2.45) is 0 Å². The van der Waals surface area contributed by atoms with Crippen LogP contribution < -0.4 is 0 Å². The summed E-state index contributed by atoms with van der Waals surface area (Å²) in [5, 5.41) is 0. The van der Waals surface area contributed by atoms with Gasteiger partial charge in [0.15, 0.2) is 0 Å². The van der Waals surface area contributed by atoms with Gasteiger partial charge in [-0.3, -0.25) is 14.5 Å². The molecule has 1 aromatic carbocycles. The van der Waals surface area contributed by atoms with E-state index >= 15 is 0 Å². The van der Waals surface area contributed by atoms with Crippen LogP contribution in [0, 0.1) is 0 Å². The fraction of sp³-hybridized carbons (Fsp3) is 0.500. The Hall–Kier alpha value is -1.88. The molecule has 1 aliphatic heterocycles. The lowest BCUT2D eigenvalue weighted by Crippen LogP contribution is -2.54. The lowest BCUT2D eigenvalue weighted by molar-refractivity contribution is -0.141. The fourth-order valence-electron chi connectivity index (χ4n) is 2.64. The first-order valence-corrected chi connectivity index (χ1v) is 7.27. The van der Waals surface area contributed by atoms with Crippen molar-refractivity contribution in [3.8, 4) is 0 Å². The molecular weight excluding hydrogens is 268 g/mol. The van der Waals surface area contributed by atoms with E-state index in [1.807, 2.05) is 42.2 Å². The monoisotopic (exact) mass is 290 g/mol. The van der Waals surface area contributed by atoms with Crippen LogP contribution in [0.25, 0.3) is 0 Å². The van der Waals surface area contributed by atoms with Crippen LogP contribution in [-0.4, -0.2) is 61.0 Å². The van der Waals surface area contributed by atoms with Crippen LogP contribution in [0.2, 0.25) is 0 Å². The van der Waals surface area contributed by atoms with Crippen molar-refractivity contribution >= 4 is 11.9 Å². The largest absolute Gasteiger partial charge is 0.469 e. The number of benzene rings is 1. The molecule has 0 N–H and O–H groups in total. The number of carbonyl (C=O) groups is 2. The fourth-order valence-corrected chi connectivity index (χ4v) is 2.64. The summed E-state index contributed by atoms with van der Waals surface area (Å²) in [6.07, 6.45) is 0.399. The highest BCUT2D eigenvalue weighted by Crippen LogP contribution is 2.14. The maximum absolute atomic E-state index is 12.5. The van der Waals surface area contributed by atoms with Gasteiger partial charge >= 0.3 is 5.97 Å². The van der Waals surface area contributed by atoms with Crippen molar-refractivity contribution < 1.29 is 14.3 Å². The number of piperazine rings is 1. The average Bonchev–Trinajstić information content (AvgIpc) is 2.53. The maximum Gasteiger partial charge on any atom is 0.306 e. The molecule has 1 saturated heterocycles. The van der Waals surface area contributed by atoms with Gasteiger partial charge in [-0.05, 0) is 19.1 Å². The Morgan fingerprint density at radius 3 is 2.57 bits per heavy atom. The molecule has 2 rings (SSSR count). The Labute approximate surface area is 125 Å². The van der Waals surface area contributed by atoms with Gasteiger partial charge in [0.1, 0.15) is 0 Å². The molecule has 0 saturated carbocycles. The van der Waals surface area contributed by atoms with Crippen LogP contribution in [-0.2, 0) is 9.53 Å². The van der Waals surface area contributed by atoms with Crippen molar-refractivity contribution in [1.82, 2.24) is 9.80 Å². The summed E-state index contributed by atoms with van der Waals surface area (Å²) >= 11 is 0. The van der Waals surface area contributed by atoms with Gasteiger partial charge in [-0.25, -0.2) is 0 Å². The smallest absolute Gasteiger partial charge is 0.306 e. The quantitative estimate of drug-likeness (QED) is 0.787. The van der Waals surface area contributed by atoms with Crippen molar-refractivity contribution in [3.05, 3.63) is 35.9 Å². The molecule has 5 heteroatoms. The summed E-state index contributed by atoms with van der Waals surface area (Å²) in [6, 6.07) is 9.50. The van der Waals surface area contributed by atoms with E-state index in [0.717, 1.165) is 18.7 Å². The van der Waals surface area contributed by atoms with Crippen molar-refractivity contribution in [3.63, 3.8) is 0 Å². The third-order valence-corrected chi connectivity index (χ3v) is 3.85. The van der Waals surface area contributed by atoms with Crippen LogP contribution in [0.15, 0.2) is 30.3 Å². The topological polar surface area (TPSA) is 49.9 Å². The van der Waals surface area contributed by atoms with Crippen molar-refractivity contribution in [2.75, 3.05) is 33.3 Å². The number of hydrogen-bond acceptors (Lipinski definition) is 4. The van der Waals surface area contributed by atoms with E-state index < -0.39 is 0 Å². The Balaban J connectivity index is 1.89. The van der Waals surface area contributed by atoms with Gasteiger partial charge < -0.3 is 9.64 Å². The summed E-state index contributed by atoms with van der Waals surface area (Å²) in [6.45, 7) is 5.00. The van der Waals surface area contributed by atoms with Crippen LogP contribution >= 0.6 is 0 Å². The third-order valence-electron chi connectivity index (χ3n) is 3.85. The molecule has 1 aromatic rings. The second kappa shape index (κ2) is 7.22. The Morgan fingerprint density at radius 2 is 1.95 bits per heavy atom. The van der Waals surface area contributed by atoms with Gasteiger partial charge in [0.05, 0.1) is 13.5 Å². The predicted molar refractivity (Wildman–Crippen MR) is 80.0 cm³/mol. The first-order valence-electron chi connectivity index (χ1n) is 7.27. The molecule has 5 nitrogen and oxygen atoms in total. The summed E-state index contributed by atoms with van der Waals surface area (Å²) in [5.74, 6) is -0.110. The normalized spacial score (nSPS) is 19.3. The first kappa shape index (κ1) is 15.5. The SMILES string of the molecule is COC(=O)CCN1CCN(C(=O)c2ccccc2)[C@@H](C)C1. The molecule has 0 radical (unpaired) electrons. The number of esters is 1. The molecular formula is C16H22N2O3. The lowest BCUT2D eigenvalue weighted by Gasteiger charge is -2.39. The zero-order valence-corrected chi connectivity index (χ0v) is 12.6. The molecule has 0 aromatic heterocycles. The van der Waals surface area contributed by atoms with Crippen LogP contribution in [0.5, 0.6) is 0 Å². The minimum atomic E-state index is -0.189. The number of amides is 1. The van der Waals surface area contributed by atoms with E-state index in [1.165, 1.54) is 7.11 Å². The summed E-state index contributed by atoms with van der Waals surface area (Å²) in [7, 11) is 1.40. The van der Waals surface area contributed by atoms with Gasteiger partial charge in [-0.1, -0.05) is 18.2 Å². The van der Waals surface area contributed by atoms with E-state index in [4.69, 9.17) is 0 Å². The Morgan fingerprint density at radius 1 is 1.24 bits per heavy atom. The molecule has 0 spiro atoms. The van der Waals surface area contributed by atoms with Gasteiger partial charge in [0, 0.05) is 37.8 Å². The van der Waals surface area contributed by atoms with E-state index in [-0.39, 0.29) is 17.9 Å². The van der Waals surface area contributed by atoms with E-state index in [2.05, 4.69) is 9.64 Å². The molecule has 0 bridgehead atoms. The minimum Gasteiger partial charge on any atom is -0.469 e. The summed E-state index contributed by atoms with van der Waals surface area (Å²) in [5.41, 5.74) is 0.729. The van der Waals surface area contributed by atoms with Crippen LogP contribution in [0.1, 0.15) is 23.7 Å². The number of nitrogens with zero attached hydrogens (tertiary/aromatic N) is 2. The summed E-state index contributed by atoms with van der Waals surface area (Å²) in [4.78, 5) is 27.8. The van der Waals surface area contributed by atoms with Crippen LogP contribution in [0.4, 0.5) is 0 Å². The number of hydrogen-bond donors (Lipinski definition) is 0. The third kappa shape index (κ3) is 4.04. The standard InChI is InChI=1S/C16H22N2O3/c1-13-12-17(9-8-15(19)21-2)10-11-18(13)16(20)14-6-4-3-5-7-14/h3-7,13H,8-12H2,1-2H3/t13-/m0/s1. The maximum atomic E-state index is 12.5. The molecule has 114 valence electrons. The lowest BCUT2D eigenvalue weighted by atomic mass is 10.1. The van der Waals surface area contributed by atoms with E-state index in [9.17, 15) is 9.59 Å². The van der Waals surface area contributed by atoms with Gasteiger partial charge in [-0.2, -0.15) is 0 Å². The number of methoxy groups -OCH3 is 1. The van der Waals surface area contributed by atoms with Crippen molar-refractivity contribution in [1.29, 1.82) is 0 Å². The van der Waals surface area contributed by atoms with E-state index in [0.29, 0.717) is 19.5 Å². The van der Waals surface area contributed by atoms with Gasteiger partial charge in [0.25, 0.3) is 5.91 Å². The molecule has 0 unspecified atom stereocenters. The predicted octanol–water partition coefficient (Wildman–Crippen LogP) is 1.40. The summed E-state index contributed by atoms with van der Waals surface area (Å²) < 4.78 is 4.66. The Kier molecular flexibility index (Phi) is 5.33. The molecule has 1 aliphatic rings. The van der Waals surface area contributed by atoms with Gasteiger partial charge in [0.2, 0.25) is 0 Å². The molecule has 1 atom stereocenters. The second-order valence-electron chi connectivity index (χ2n) is 5.34. The zero-order chi connectivity index (χ0) is 15.2. The number of carbonyl (C=O) groups excluding carboxylic acids is 2. The van der Waals surface area contributed by atoms with Gasteiger partial charge in [-0.15, -0.1) is 0 Å². The average molecular weight is 290 g/mol. The minimum absolute atomic E-state index is 0.0794. The zero-order valence-electron chi connectivity index (χ0n) is 12.6. The highest BCUT2D eigenvalue weighted by molar-refractivity contribution is 5.94. The highest BCUT2D eigenvalue weighted by Gasteiger charge is 2.28. The van der Waals surface area contributed by atoms with Crippen molar-refractivity contribution in [2.45, 2.75) is 19.4 Å². The molecule has 0 aliphatic carbocycles.